The number of benzene rings is 2. The van der Waals surface area contributed by atoms with E-state index in [2.05, 4.69) is 6.58 Å². The van der Waals surface area contributed by atoms with Crippen LogP contribution in [0.4, 0.5) is 0 Å². The van der Waals surface area contributed by atoms with E-state index in [1.54, 1.807) is 11.0 Å². The van der Waals surface area contributed by atoms with Gasteiger partial charge in [0.05, 0.1) is 17.6 Å². The smallest absolute Gasteiger partial charge is 0.223 e. The Labute approximate surface area is 170 Å². The number of para-hydroxylation sites is 3. The zero-order chi connectivity index (χ0) is 20.2. The number of aromatic nitrogens is 2. The van der Waals surface area contributed by atoms with Gasteiger partial charge in [-0.15, -0.1) is 6.58 Å². The lowest BCUT2D eigenvalue weighted by Gasteiger charge is -2.18. The summed E-state index contributed by atoms with van der Waals surface area (Å²) in [6.07, 6.45) is 1.47. The normalized spacial score (nSPS) is 17.6. The van der Waals surface area contributed by atoms with Crippen LogP contribution in [0.1, 0.15) is 18.2 Å². The minimum atomic E-state index is -0.701. The number of hydrogen-bond acceptors (Lipinski definition) is 4. The van der Waals surface area contributed by atoms with Gasteiger partial charge in [-0.05, 0) is 24.3 Å². The summed E-state index contributed by atoms with van der Waals surface area (Å²) in [4.78, 5) is 18.9. The predicted molar refractivity (Wildman–Crippen MR) is 112 cm³/mol. The number of hydrogen-bond donors (Lipinski definition) is 1. The lowest BCUT2D eigenvalue weighted by atomic mass is 10.1. The van der Waals surface area contributed by atoms with Crippen LogP contribution in [0, 0.1) is 0 Å². The molecule has 1 fully saturated rings. The molecule has 0 aliphatic carbocycles. The molecule has 4 rings (SSSR count). The Morgan fingerprint density at radius 3 is 2.76 bits per heavy atom. The van der Waals surface area contributed by atoms with E-state index in [4.69, 9.17) is 9.72 Å². The summed E-state index contributed by atoms with van der Waals surface area (Å²) in [5, 5.41) is 10.6. The molecule has 1 aromatic heterocycles. The predicted octanol–water partition coefficient (Wildman–Crippen LogP) is 2.98. The molecule has 29 heavy (non-hydrogen) atoms. The fourth-order valence-electron chi connectivity index (χ4n) is 3.85. The SMILES string of the molecule is C=CCN1C[C@@H](c2nc3ccccc3n2C[C@H](O)COc2ccccc2)CC1=O. The number of carbonyl (C=O) groups excluding carboxylic acids is 1. The average Bonchev–Trinajstić information content (AvgIpc) is 3.28. The lowest BCUT2D eigenvalue weighted by Crippen LogP contribution is -2.26. The fourth-order valence-corrected chi connectivity index (χ4v) is 3.85. The monoisotopic (exact) mass is 391 g/mol. The van der Waals surface area contributed by atoms with Crippen molar-refractivity contribution in [2.24, 2.45) is 0 Å². The number of aliphatic hydroxyl groups excluding tert-OH is 1. The van der Waals surface area contributed by atoms with Crippen molar-refractivity contribution in [2.45, 2.75) is 25.0 Å². The number of aliphatic hydroxyl groups is 1. The highest BCUT2D eigenvalue weighted by Crippen LogP contribution is 2.30. The molecular weight excluding hydrogens is 366 g/mol. The Kier molecular flexibility index (Phi) is 5.62. The molecule has 1 aliphatic heterocycles. The van der Waals surface area contributed by atoms with Crippen molar-refractivity contribution in [1.29, 1.82) is 0 Å². The molecule has 0 spiro atoms. The van der Waals surface area contributed by atoms with Crippen LogP contribution < -0.4 is 4.74 Å². The summed E-state index contributed by atoms with van der Waals surface area (Å²) in [6, 6.07) is 17.3. The molecule has 1 amide bonds. The summed E-state index contributed by atoms with van der Waals surface area (Å²) in [6.45, 7) is 5.43. The second-order valence-corrected chi connectivity index (χ2v) is 7.34. The number of amides is 1. The maximum Gasteiger partial charge on any atom is 0.223 e. The molecule has 2 atom stereocenters. The third kappa shape index (κ3) is 4.17. The van der Waals surface area contributed by atoms with E-state index in [1.807, 2.05) is 59.2 Å². The number of ether oxygens (including phenoxy) is 1. The van der Waals surface area contributed by atoms with Crippen LogP contribution in [0.3, 0.4) is 0 Å². The van der Waals surface area contributed by atoms with Gasteiger partial charge < -0.3 is 19.3 Å². The minimum Gasteiger partial charge on any atom is -0.491 e. The van der Waals surface area contributed by atoms with Crippen LogP contribution in [-0.4, -0.2) is 51.3 Å². The molecule has 3 aromatic rings. The summed E-state index contributed by atoms with van der Waals surface area (Å²) in [7, 11) is 0. The Bertz CT molecular complexity index is 999. The molecule has 2 heterocycles. The highest BCUT2D eigenvalue weighted by atomic mass is 16.5. The van der Waals surface area contributed by atoms with Crippen molar-refractivity contribution in [2.75, 3.05) is 19.7 Å². The Hall–Kier alpha value is -3.12. The molecule has 0 unspecified atom stereocenters. The molecule has 6 heteroatoms. The average molecular weight is 391 g/mol. The van der Waals surface area contributed by atoms with Crippen molar-refractivity contribution >= 4 is 16.9 Å². The molecule has 6 nitrogen and oxygen atoms in total. The first-order chi connectivity index (χ1) is 14.2. The van der Waals surface area contributed by atoms with E-state index in [0.717, 1.165) is 22.6 Å². The second kappa shape index (κ2) is 8.49. The van der Waals surface area contributed by atoms with Crippen LogP contribution in [-0.2, 0) is 11.3 Å². The van der Waals surface area contributed by atoms with Gasteiger partial charge in [-0.2, -0.15) is 0 Å². The van der Waals surface area contributed by atoms with Gasteiger partial charge in [-0.3, -0.25) is 4.79 Å². The summed E-state index contributed by atoms with van der Waals surface area (Å²) in [5.41, 5.74) is 1.82. The maximum absolute atomic E-state index is 12.3. The first-order valence-electron chi connectivity index (χ1n) is 9.85. The number of imidazole rings is 1. The molecule has 1 N–H and O–H groups in total. The van der Waals surface area contributed by atoms with Crippen LogP contribution in [0.5, 0.6) is 5.75 Å². The zero-order valence-corrected chi connectivity index (χ0v) is 16.3. The molecule has 1 saturated heterocycles. The van der Waals surface area contributed by atoms with Crippen LogP contribution in [0.2, 0.25) is 0 Å². The van der Waals surface area contributed by atoms with Gasteiger partial charge >= 0.3 is 0 Å². The molecule has 1 aliphatic rings. The van der Waals surface area contributed by atoms with Gasteiger partial charge in [0.2, 0.25) is 5.91 Å². The van der Waals surface area contributed by atoms with Gasteiger partial charge in [0.25, 0.3) is 0 Å². The molecule has 0 bridgehead atoms. The van der Waals surface area contributed by atoms with E-state index < -0.39 is 6.10 Å². The van der Waals surface area contributed by atoms with Gasteiger partial charge in [-0.1, -0.05) is 36.4 Å². The van der Waals surface area contributed by atoms with E-state index in [9.17, 15) is 9.90 Å². The van der Waals surface area contributed by atoms with Crippen LogP contribution in [0.25, 0.3) is 11.0 Å². The zero-order valence-electron chi connectivity index (χ0n) is 16.3. The van der Waals surface area contributed by atoms with Gasteiger partial charge in [0, 0.05) is 25.4 Å². The van der Waals surface area contributed by atoms with Crippen LogP contribution >= 0.6 is 0 Å². The highest BCUT2D eigenvalue weighted by molar-refractivity contribution is 5.81. The van der Waals surface area contributed by atoms with Crippen molar-refractivity contribution in [3.63, 3.8) is 0 Å². The number of likely N-dealkylation sites (tertiary alicyclic amines) is 1. The van der Waals surface area contributed by atoms with E-state index in [1.165, 1.54) is 0 Å². The third-order valence-electron chi connectivity index (χ3n) is 5.19. The topological polar surface area (TPSA) is 67.6 Å². The van der Waals surface area contributed by atoms with Crippen molar-refractivity contribution in [3.05, 3.63) is 73.1 Å². The van der Waals surface area contributed by atoms with Gasteiger partial charge in [-0.25, -0.2) is 4.98 Å². The fraction of sp³-hybridized carbons (Fsp3) is 0.304. The first-order valence-corrected chi connectivity index (χ1v) is 9.85. The van der Waals surface area contributed by atoms with E-state index in [0.29, 0.717) is 26.1 Å². The molecule has 0 radical (unpaired) electrons. The Balaban J connectivity index is 1.55. The van der Waals surface area contributed by atoms with Gasteiger partial charge in [0.15, 0.2) is 0 Å². The molecule has 2 aromatic carbocycles. The summed E-state index contributed by atoms with van der Waals surface area (Å²) < 4.78 is 7.73. The van der Waals surface area contributed by atoms with Crippen molar-refractivity contribution in [1.82, 2.24) is 14.5 Å². The minimum absolute atomic E-state index is 0.00269. The molecular formula is C23H25N3O3. The van der Waals surface area contributed by atoms with Gasteiger partial charge in [0.1, 0.15) is 24.3 Å². The number of carbonyl (C=O) groups is 1. The number of fused-ring (bicyclic) bond motifs is 1. The van der Waals surface area contributed by atoms with E-state index in [-0.39, 0.29) is 18.4 Å². The molecule has 0 saturated carbocycles. The highest BCUT2D eigenvalue weighted by Gasteiger charge is 2.33. The quantitative estimate of drug-likeness (QED) is 0.600. The Morgan fingerprint density at radius 2 is 1.97 bits per heavy atom. The summed E-state index contributed by atoms with van der Waals surface area (Å²) >= 11 is 0. The third-order valence-corrected chi connectivity index (χ3v) is 5.19. The number of nitrogens with zero attached hydrogens (tertiary/aromatic N) is 3. The molecule has 150 valence electrons. The first kappa shape index (κ1) is 19.2. The van der Waals surface area contributed by atoms with Crippen molar-refractivity contribution < 1.29 is 14.6 Å². The second-order valence-electron chi connectivity index (χ2n) is 7.34. The van der Waals surface area contributed by atoms with Crippen molar-refractivity contribution in [3.8, 4) is 5.75 Å². The largest absolute Gasteiger partial charge is 0.491 e. The standard InChI is InChI=1S/C23H25N3O3/c1-2-12-25-14-17(13-22(25)28)23-24-20-10-6-7-11-21(20)26(23)15-18(27)16-29-19-8-4-3-5-9-19/h2-11,17-18,27H,1,12-16H2/t17-,18-/m0/s1. The maximum atomic E-state index is 12.3. The number of rotatable bonds is 8. The van der Waals surface area contributed by atoms with E-state index >= 15 is 0 Å². The lowest BCUT2D eigenvalue weighted by molar-refractivity contribution is -0.127. The summed E-state index contributed by atoms with van der Waals surface area (Å²) in [5.74, 6) is 1.67. The Morgan fingerprint density at radius 1 is 1.21 bits per heavy atom. The van der Waals surface area contributed by atoms with Crippen LogP contribution in [0.15, 0.2) is 67.3 Å².